The van der Waals surface area contributed by atoms with Crippen LogP contribution in [0.3, 0.4) is 0 Å². The molecule has 0 aromatic carbocycles. The van der Waals surface area contributed by atoms with Crippen molar-refractivity contribution >= 4 is 34.3 Å². The normalized spacial score (nSPS) is 15.1. The molecule has 0 atom stereocenters. The lowest BCUT2D eigenvalue weighted by molar-refractivity contribution is -0.138. The largest absolute Gasteiger partial charge is 0.444 e. The summed E-state index contributed by atoms with van der Waals surface area (Å²) < 4.78 is 5.32. The zero-order valence-corrected chi connectivity index (χ0v) is 22.6. The van der Waals surface area contributed by atoms with Crippen LogP contribution in [0.4, 0.5) is 15.7 Å². The second-order valence-electron chi connectivity index (χ2n) is 10.6. The molecule has 0 radical (unpaired) electrons. The van der Waals surface area contributed by atoms with Crippen LogP contribution in [-0.2, 0) is 16.0 Å². The molecule has 1 saturated heterocycles. The molecule has 1 aliphatic rings. The van der Waals surface area contributed by atoms with Gasteiger partial charge in [-0.2, -0.15) is 0 Å². The van der Waals surface area contributed by atoms with Crippen molar-refractivity contribution < 1.29 is 14.3 Å². The fourth-order valence-corrected chi connectivity index (χ4v) is 4.94. The number of hydrogen-bond donors (Lipinski definition) is 2. The van der Waals surface area contributed by atoms with Crippen LogP contribution in [-0.4, -0.2) is 51.1 Å². The van der Waals surface area contributed by atoms with Gasteiger partial charge in [0, 0.05) is 35.8 Å². The van der Waals surface area contributed by atoms with Crippen LogP contribution < -0.4 is 10.6 Å². The van der Waals surface area contributed by atoms with Crippen molar-refractivity contribution in [2.75, 3.05) is 18.4 Å². The van der Waals surface area contributed by atoms with Gasteiger partial charge in [-0.25, -0.2) is 14.8 Å². The molecule has 1 aliphatic heterocycles. The van der Waals surface area contributed by atoms with Gasteiger partial charge in [0.2, 0.25) is 5.91 Å². The number of aromatic nitrogens is 2. The number of likely N-dealkylation sites (tertiary alicyclic amines) is 1. The number of ether oxygens (including phenoxy) is 1. The molecule has 3 heterocycles. The summed E-state index contributed by atoms with van der Waals surface area (Å²) in [6, 6.07) is 6.03. The minimum absolute atomic E-state index is 0.104. The number of thiazole rings is 1. The van der Waals surface area contributed by atoms with Gasteiger partial charge in [-0.3, -0.25) is 4.79 Å². The van der Waals surface area contributed by atoms with E-state index >= 15 is 0 Å². The number of rotatable bonds is 8. The number of piperidine rings is 1. The number of carbonyl (C=O) groups excluding carboxylic acids is 2. The van der Waals surface area contributed by atoms with Crippen molar-refractivity contribution in [2.45, 2.75) is 90.7 Å². The van der Waals surface area contributed by atoms with E-state index in [1.165, 1.54) is 17.7 Å². The Kier molecular flexibility index (Phi) is 8.74. The highest BCUT2D eigenvalue weighted by Crippen LogP contribution is 2.30. The highest BCUT2D eigenvalue weighted by Gasteiger charge is 2.36. The fourth-order valence-electron chi connectivity index (χ4n) is 4.08. The third kappa shape index (κ3) is 7.92. The third-order valence-corrected chi connectivity index (χ3v) is 6.86. The number of aryl methyl sites for hydroxylation is 1. The first-order valence-electron chi connectivity index (χ1n) is 12.5. The van der Waals surface area contributed by atoms with Crippen molar-refractivity contribution in [3.63, 3.8) is 0 Å². The van der Waals surface area contributed by atoms with Crippen molar-refractivity contribution in [3.8, 4) is 0 Å². The van der Waals surface area contributed by atoms with E-state index in [4.69, 9.17) is 9.72 Å². The van der Waals surface area contributed by atoms with Gasteiger partial charge in [0.05, 0.1) is 0 Å². The standard InChI is InChI=1S/C26H39N5O3S/c1-7-8-10-19-17-27-23(35-19)29-21-12-9-11-20(28-21)18-13-15-31(16-14-18)22(32)26(5,6)30-24(33)34-25(2,3)4/h9,11-12,17-18H,7-8,10,13-16H2,1-6H3,(H,30,33)(H,27,28,29). The van der Waals surface area contributed by atoms with Gasteiger partial charge in [0.1, 0.15) is 17.0 Å². The lowest BCUT2D eigenvalue weighted by Gasteiger charge is -2.37. The molecule has 192 valence electrons. The number of nitrogens with zero attached hydrogens (tertiary/aromatic N) is 3. The summed E-state index contributed by atoms with van der Waals surface area (Å²) in [6.45, 7) is 12.3. The molecular weight excluding hydrogens is 462 g/mol. The van der Waals surface area contributed by atoms with Gasteiger partial charge >= 0.3 is 6.09 Å². The van der Waals surface area contributed by atoms with Crippen LogP contribution in [0.25, 0.3) is 0 Å². The van der Waals surface area contributed by atoms with Gasteiger partial charge < -0.3 is 20.3 Å². The van der Waals surface area contributed by atoms with E-state index in [2.05, 4.69) is 28.6 Å². The molecule has 0 spiro atoms. The summed E-state index contributed by atoms with van der Waals surface area (Å²) in [4.78, 5) is 37.7. The Balaban J connectivity index is 1.55. The van der Waals surface area contributed by atoms with E-state index in [9.17, 15) is 9.59 Å². The number of pyridine rings is 1. The predicted molar refractivity (Wildman–Crippen MR) is 140 cm³/mol. The molecule has 0 saturated carbocycles. The summed E-state index contributed by atoms with van der Waals surface area (Å²) in [7, 11) is 0. The molecule has 2 amide bonds. The van der Waals surface area contributed by atoms with Crippen LogP contribution in [0.5, 0.6) is 0 Å². The Labute approximate surface area is 212 Å². The van der Waals surface area contributed by atoms with Crippen molar-refractivity contribution in [1.82, 2.24) is 20.2 Å². The van der Waals surface area contributed by atoms with Gasteiger partial charge in [0.15, 0.2) is 5.13 Å². The molecule has 35 heavy (non-hydrogen) atoms. The summed E-state index contributed by atoms with van der Waals surface area (Å²) >= 11 is 1.68. The van der Waals surface area contributed by atoms with E-state index in [-0.39, 0.29) is 11.8 Å². The molecule has 8 nitrogen and oxygen atoms in total. The van der Waals surface area contributed by atoms with Crippen LogP contribution >= 0.6 is 11.3 Å². The predicted octanol–water partition coefficient (Wildman–Crippen LogP) is 5.63. The topological polar surface area (TPSA) is 96.5 Å². The zero-order chi connectivity index (χ0) is 25.6. The van der Waals surface area contributed by atoms with E-state index in [1.54, 1.807) is 46.0 Å². The highest BCUT2D eigenvalue weighted by molar-refractivity contribution is 7.15. The Morgan fingerprint density at radius 1 is 1.17 bits per heavy atom. The minimum Gasteiger partial charge on any atom is -0.444 e. The highest BCUT2D eigenvalue weighted by atomic mass is 32.1. The van der Waals surface area contributed by atoms with E-state index in [0.29, 0.717) is 13.1 Å². The molecule has 2 aromatic rings. The van der Waals surface area contributed by atoms with E-state index < -0.39 is 17.2 Å². The Morgan fingerprint density at radius 2 is 1.89 bits per heavy atom. The van der Waals surface area contributed by atoms with Crippen molar-refractivity contribution in [1.29, 1.82) is 0 Å². The Hall–Kier alpha value is -2.68. The van der Waals surface area contributed by atoms with Crippen LogP contribution in [0.15, 0.2) is 24.4 Å². The van der Waals surface area contributed by atoms with Crippen molar-refractivity contribution in [3.05, 3.63) is 35.0 Å². The number of hydrogen-bond acceptors (Lipinski definition) is 7. The molecule has 1 fully saturated rings. The maximum atomic E-state index is 13.1. The fraction of sp³-hybridized carbons (Fsp3) is 0.615. The number of nitrogens with one attached hydrogen (secondary N) is 2. The quantitative estimate of drug-likeness (QED) is 0.486. The SMILES string of the molecule is CCCCc1cnc(Nc2cccc(C3CCN(C(=O)C(C)(C)NC(=O)OC(C)(C)C)CC3)n2)s1. The first-order chi connectivity index (χ1) is 16.5. The minimum atomic E-state index is -1.04. The monoisotopic (exact) mass is 501 g/mol. The zero-order valence-electron chi connectivity index (χ0n) is 21.8. The number of unbranched alkanes of at least 4 members (excludes halogenated alkanes) is 1. The van der Waals surface area contributed by atoms with Gasteiger partial charge in [-0.1, -0.05) is 19.4 Å². The summed E-state index contributed by atoms with van der Waals surface area (Å²) in [5.41, 5.74) is -0.633. The maximum Gasteiger partial charge on any atom is 0.408 e. The molecule has 0 aliphatic carbocycles. The number of carbonyl (C=O) groups is 2. The lowest BCUT2D eigenvalue weighted by Crippen LogP contribution is -2.57. The molecular formula is C26H39N5O3S. The average Bonchev–Trinajstić information content (AvgIpc) is 3.23. The lowest BCUT2D eigenvalue weighted by atomic mass is 9.91. The first kappa shape index (κ1) is 26.9. The van der Waals surface area contributed by atoms with Gasteiger partial charge in [-0.05, 0) is 72.4 Å². The van der Waals surface area contributed by atoms with Gasteiger partial charge in [0.25, 0.3) is 0 Å². The summed E-state index contributed by atoms with van der Waals surface area (Å²) in [5.74, 6) is 0.965. The Morgan fingerprint density at radius 3 is 2.54 bits per heavy atom. The van der Waals surface area contributed by atoms with Crippen LogP contribution in [0.1, 0.15) is 83.7 Å². The maximum absolute atomic E-state index is 13.1. The van der Waals surface area contributed by atoms with E-state index in [0.717, 1.165) is 35.9 Å². The first-order valence-corrected chi connectivity index (χ1v) is 13.3. The van der Waals surface area contributed by atoms with Gasteiger partial charge in [-0.15, -0.1) is 11.3 Å². The number of amides is 2. The smallest absolute Gasteiger partial charge is 0.408 e. The second-order valence-corrected chi connectivity index (χ2v) is 11.7. The average molecular weight is 502 g/mol. The van der Waals surface area contributed by atoms with Crippen molar-refractivity contribution in [2.24, 2.45) is 0 Å². The van der Waals surface area contributed by atoms with Crippen LogP contribution in [0.2, 0.25) is 0 Å². The number of alkyl carbamates (subject to hydrolysis) is 1. The molecule has 2 aromatic heterocycles. The third-order valence-electron chi connectivity index (χ3n) is 5.88. The summed E-state index contributed by atoms with van der Waals surface area (Å²) in [5, 5.41) is 6.92. The second kappa shape index (κ2) is 11.4. The number of anilines is 2. The molecule has 0 unspecified atom stereocenters. The van der Waals surface area contributed by atoms with E-state index in [1.807, 2.05) is 23.2 Å². The molecule has 3 rings (SSSR count). The Bertz CT molecular complexity index is 1010. The molecule has 0 bridgehead atoms. The molecule has 2 N–H and O–H groups in total. The summed E-state index contributed by atoms with van der Waals surface area (Å²) in [6.07, 6.45) is 6.41. The van der Waals surface area contributed by atoms with Crippen LogP contribution in [0, 0.1) is 0 Å². The molecule has 9 heteroatoms.